The minimum absolute atomic E-state index is 0.162. The van der Waals surface area contributed by atoms with Crippen LogP contribution in [0.1, 0.15) is 23.2 Å². The molecule has 2 aliphatic heterocycles. The lowest BCUT2D eigenvalue weighted by Crippen LogP contribution is -2.52. The van der Waals surface area contributed by atoms with Crippen molar-refractivity contribution in [2.45, 2.75) is 18.9 Å². The Labute approximate surface area is 157 Å². The Kier molecular flexibility index (Phi) is 5.84. The SMILES string of the molecule is COC(=O)c1ccc(N2C(=O)C[C@H](N3CCN(CCC#N)CC3)C2=O)cc1. The van der Waals surface area contributed by atoms with Gasteiger partial charge in [-0.3, -0.25) is 19.4 Å². The van der Waals surface area contributed by atoms with Crippen LogP contribution in [0.15, 0.2) is 24.3 Å². The van der Waals surface area contributed by atoms with E-state index in [0.717, 1.165) is 19.6 Å². The Bertz CT molecular complexity index is 763. The van der Waals surface area contributed by atoms with Gasteiger partial charge in [0.25, 0.3) is 5.91 Å². The number of carbonyl (C=O) groups is 3. The molecule has 3 rings (SSSR count). The molecular formula is C19H22N4O4. The number of esters is 1. The van der Waals surface area contributed by atoms with Gasteiger partial charge in [0.05, 0.1) is 36.9 Å². The van der Waals surface area contributed by atoms with E-state index in [-0.39, 0.29) is 18.2 Å². The molecule has 0 aromatic heterocycles. The van der Waals surface area contributed by atoms with E-state index >= 15 is 0 Å². The molecule has 0 aliphatic carbocycles. The third-order valence-corrected chi connectivity index (χ3v) is 5.06. The second-order valence-electron chi connectivity index (χ2n) is 6.61. The number of piperazine rings is 1. The monoisotopic (exact) mass is 370 g/mol. The van der Waals surface area contributed by atoms with Crippen molar-refractivity contribution in [1.82, 2.24) is 9.80 Å². The van der Waals surface area contributed by atoms with Crippen molar-refractivity contribution in [3.05, 3.63) is 29.8 Å². The first-order valence-electron chi connectivity index (χ1n) is 8.93. The molecule has 2 saturated heterocycles. The van der Waals surface area contributed by atoms with Gasteiger partial charge in [-0.15, -0.1) is 0 Å². The Morgan fingerprint density at radius 1 is 1.19 bits per heavy atom. The second-order valence-corrected chi connectivity index (χ2v) is 6.61. The molecule has 2 amide bonds. The summed E-state index contributed by atoms with van der Waals surface area (Å²) in [6.07, 6.45) is 0.659. The number of rotatable bonds is 5. The molecule has 2 aliphatic rings. The van der Waals surface area contributed by atoms with Crippen LogP contribution in [0.3, 0.4) is 0 Å². The van der Waals surface area contributed by atoms with Gasteiger partial charge in [0.15, 0.2) is 0 Å². The summed E-state index contributed by atoms with van der Waals surface area (Å²) in [5, 5.41) is 8.68. The van der Waals surface area contributed by atoms with Gasteiger partial charge in [-0.05, 0) is 24.3 Å². The summed E-state index contributed by atoms with van der Waals surface area (Å²) < 4.78 is 4.66. The van der Waals surface area contributed by atoms with Gasteiger partial charge < -0.3 is 4.74 Å². The van der Waals surface area contributed by atoms with Gasteiger partial charge in [-0.1, -0.05) is 0 Å². The summed E-state index contributed by atoms with van der Waals surface area (Å²) in [4.78, 5) is 42.3. The van der Waals surface area contributed by atoms with Crippen LogP contribution in [0.2, 0.25) is 0 Å². The van der Waals surface area contributed by atoms with Crippen molar-refractivity contribution in [3.8, 4) is 6.07 Å². The number of hydrogen-bond donors (Lipinski definition) is 0. The van der Waals surface area contributed by atoms with Crippen LogP contribution in [0.4, 0.5) is 5.69 Å². The van der Waals surface area contributed by atoms with Crippen LogP contribution in [0.25, 0.3) is 0 Å². The highest BCUT2D eigenvalue weighted by molar-refractivity contribution is 6.22. The number of hydrogen-bond acceptors (Lipinski definition) is 7. The number of ether oxygens (including phenoxy) is 1. The molecule has 27 heavy (non-hydrogen) atoms. The molecule has 0 bridgehead atoms. The highest BCUT2D eigenvalue weighted by Crippen LogP contribution is 2.26. The van der Waals surface area contributed by atoms with E-state index in [9.17, 15) is 14.4 Å². The summed E-state index contributed by atoms with van der Waals surface area (Å²) >= 11 is 0. The highest BCUT2D eigenvalue weighted by atomic mass is 16.5. The van der Waals surface area contributed by atoms with E-state index in [1.807, 2.05) is 4.90 Å². The van der Waals surface area contributed by atoms with E-state index in [4.69, 9.17) is 5.26 Å². The van der Waals surface area contributed by atoms with Crippen LogP contribution < -0.4 is 4.90 Å². The lowest BCUT2D eigenvalue weighted by molar-refractivity contribution is -0.123. The van der Waals surface area contributed by atoms with E-state index in [1.54, 1.807) is 24.3 Å². The molecular weight excluding hydrogens is 348 g/mol. The van der Waals surface area contributed by atoms with Crippen LogP contribution in [0, 0.1) is 11.3 Å². The van der Waals surface area contributed by atoms with E-state index in [2.05, 4.69) is 15.7 Å². The molecule has 8 nitrogen and oxygen atoms in total. The Hall–Kier alpha value is -2.76. The number of nitriles is 1. The number of methoxy groups -OCH3 is 1. The fourth-order valence-electron chi connectivity index (χ4n) is 3.54. The molecule has 1 aromatic carbocycles. The molecule has 0 radical (unpaired) electrons. The average Bonchev–Trinajstić information content (AvgIpc) is 3.00. The smallest absolute Gasteiger partial charge is 0.337 e. The molecule has 8 heteroatoms. The summed E-state index contributed by atoms with van der Waals surface area (Å²) in [5.41, 5.74) is 0.832. The number of carbonyl (C=O) groups excluding carboxylic acids is 3. The standard InChI is InChI=1S/C19H22N4O4/c1-27-19(26)14-3-5-15(6-4-14)23-17(24)13-16(18(23)25)22-11-9-21(10-12-22)8-2-7-20/h3-6,16H,2,8-13H2,1H3/t16-/m0/s1. The van der Waals surface area contributed by atoms with E-state index < -0.39 is 12.0 Å². The van der Waals surface area contributed by atoms with Crippen LogP contribution in [-0.4, -0.2) is 73.5 Å². The Morgan fingerprint density at radius 3 is 2.44 bits per heavy atom. The van der Waals surface area contributed by atoms with Crippen LogP contribution in [-0.2, 0) is 14.3 Å². The second kappa shape index (κ2) is 8.29. The number of anilines is 1. The summed E-state index contributed by atoms with van der Waals surface area (Å²) in [6.45, 7) is 3.70. The van der Waals surface area contributed by atoms with Gasteiger partial charge in [-0.2, -0.15) is 5.26 Å². The Morgan fingerprint density at radius 2 is 1.85 bits per heavy atom. The number of imide groups is 1. The summed E-state index contributed by atoms with van der Waals surface area (Å²) in [5.74, 6) is -0.924. The molecule has 0 saturated carbocycles. The fourth-order valence-corrected chi connectivity index (χ4v) is 3.54. The molecule has 0 unspecified atom stereocenters. The molecule has 0 spiro atoms. The maximum Gasteiger partial charge on any atom is 0.337 e. The number of benzene rings is 1. The minimum Gasteiger partial charge on any atom is -0.465 e. The van der Waals surface area contributed by atoms with Crippen molar-refractivity contribution in [2.24, 2.45) is 0 Å². The number of amides is 2. The normalized spacial score (nSPS) is 21.3. The first kappa shape index (κ1) is 19.0. The zero-order valence-electron chi connectivity index (χ0n) is 15.3. The average molecular weight is 370 g/mol. The van der Waals surface area contributed by atoms with Gasteiger partial charge in [-0.25, -0.2) is 9.69 Å². The summed E-state index contributed by atoms with van der Waals surface area (Å²) in [6, 6.07) is 7.96. The van der Waals surface area contributed by atoms with Gasteiger partial charge in [0.2, 0.25) is 5.91 Å². The molecule has 1 aromatic rings. The molecule has 142 valence electrons. The topological polar surface area (TPSA) is 93.9 Å². The predicted octanol–water partition coefficient (Wildman–Crippen LogP) is 0.636. The van der Waals surface area contributed by atoms with Crippen molar-refractivity contribution in [2.75, 3.05) is 44.7 Å². The van der Waals surface area contributed by atoms with Crippen molar-refractivity contribution < 1.29 is 19.1 Å². The van der Waals surface area contributed by atoms with Crippen molar-refractivity contribution in [1.29, 1.82) is 5.26 Å². The fraction of sp³-hybridized carbons (Fsp3) is 0.474. The van der Waals surface area contributed by atoms with Crippen LogP contribution in [0.5, 0.6) is 0 Å². The first-order chi connectivity index (χ1) is 13.0. The summed E-state index contributed by atoms with van der Waals surface area (Å²) in [7, 11) is 1.30. The maximum absolute atomic E-state index is 12.9. The predicted molar refractivity (Wildman–Crippen MR) is 96.9 cm³/mol. The van der Waals surface area contributed by atoms with Crippen LogP contribution >= 0.6 is 0 Å². The number of nitrogens with zero attached hydrogens (tertiary/aromatic N) is 4. The zero-order chi connectivity index (χ0) is 19.4. The van der Waals surface area contributed by atoms with Gasteiger partial charge >= 0.3 is 5.97 Å². The van der Waals surface area contributed by atoms with Crippen molar-refractivity contribution in [3.63, 3.8) is 0 Å². The maximum atomic E-state index is 12.9. The Balaban J connectivity index is 1.65. The molecule has 1 atom stereocenters. The largest absolute Gasteiger partial charge is 0.465 e. The minimum atomic E-state index is -0.465. The molecule has 2 heterocycles. The van der Waals surface area contributed by atoms with Gasteiger partial charge in [0.1, 0.15) is 0 Å². The lowest BCUT2D eigenvalue weighted by Gasteiger charge is -2.36. The third kappa shape index (κ3) is 3.99. The highest BCUT2D eigenvalue weighted by Gasteiger charge is 2.43. The van der Waals surface area contributed by atoms with Gasteiger partial charge in [0, 0.05) is 39.1 Å². The van der Waals surface area contributed by atoms with E-state index in [1.165, 1.54) is 12.0 Å². The van der Waals surface area contributed by atoms with Crippen molar-refractivity contribution >= 4 is 23.5 Å². The molecule has 2 fully saturated rings. The van der Waals surface area contributed by atoms with E-state index in [0.29, 0.717) is 30.8 Å². The third-order valence-electron chi connectivity index (χ3n) is 5.06. The zero-order valence-corrected chi connectivity index (χ0v) is 15.3. The molecule has 0 N–H and O–H groups in total. The lowest BCUT2D eigenvalue weighted by atomic mass is 10.1. The first-order valence-corrected chi connectivity index (χ1v) is 8.93. The quantitative estimate of drug-likeness (QED) is 0.554.